The monoisotopic (exact) mass is 562 g/mol. The number of hydrogen-bond donors (Lipinski definition) is 0. The van der Waals surface area contributed by atoms with E-state index in [1.165, 1.54) is 22.3 Å². The molecule has 206 valence electrons. The predicted octanol–water partition coefficient (Wildman–Crippen LogP) is 9.95. The van der Waals surface area contributed by atoms with Gasteiger partial charge < -0.3 is 4.74 Å². The second-order valence-electron chi connectivity index (χ2n) is 11.3. The molecule has 0 amide bonds. The van der Waals surface area contributed by atoms with Crippen LogP contribution in [-0.2, 0) is 5.41 Å². The number of fused-ring (bicyclic) bond motifs is 9. The van der Waals surface area contributed by atoms with Crippen molar-refractivity contribution in [1.82, 2.24) is 9.97 Å². The van der Waals surface area contributed by atoms with E-state index in [1.807, 2.05) is 24.3 Å². The fourth-order valence-corrected chi connectivity index (χ4v) is 7.09. The topological polar surface area (TPSA) is 35.0 Å². The van der Waals surface area contributed by atoms with Crippen LogP contribution >= 0.6 is 0 Å². The zero-order valence-electron chi connectivity index (χ0n) is 23.8. The first-order valence-electron chi connectivity index (χ1n) is 14.9. The molecule has 3 heteroatoms. The summed E-state index contributed by atoms with van der Waals surface area (Å²) in [7, 11) is 0. The SMILES string of the molecule is c1ccc(-c2cc(-c3ccc4c(c3)-c3ccccc3C43c4ccccc4Oc4ccccc43)nc(-c3ccccc3)n2)cc1. The van der Waals surface area contributed by atoms with Crippen molar-refractivity contribution in [3.63, 3.8) is 0 Å². The Bertz CT molecular complexity index is 2100. The molecule has 0 radical (unpaired) electrons. The molecule has 1 aliphatic heterocycles. The molecule has 0 fully saturated rings. The van der Waals surface area contributed by atoms with Crippen LogP contribution in [-0.4, -0.2) is 9.97 Å². The van der Waals surface area contributed by atoms with Gasteiger partial charge in [-0.1, -0.05) is 133 Å². The molecule has 0 atom stereocenters. The third kappa shape index (κ3) is 3.56. The maximum absolute atomic E-state index is 6.48. The van der Waals surface area contributed by atoms with Gasteiger partial charge in [-0.05, 0) is 46.5 Å². The van der Waals surface area contributed by atoms with Gasteiger partial charge in [-0.3, -0.25) is 0 Å². The minimum absolute atomic E-state index is 0.480. The van der Waals surface area contributed by atoms with E-state index in [1.54, 1.807) is 0 Å². The van der Waals surface area contributed by atoms with Crippen molar-refractivity contribution in [2.45, 2.75) is 5.41 Å². The summed E-state index contributed by atoms with van der Waals surface area (Å²) >= 11 is 0. The lowest BCUT2D eigenvalue weighted by Gasteiger charge is -2.39. The van der Waals surface area contributed by atoms with E-state index >= 15 is 0 Å². The van der Waals surface area contributed by atoms with Gasteiger partial charge in [-0.2, -0.15) is 0 Å². The van der Waals surface area contributed by atoms with Crippen molar-refractivity contribution < 1.29 is 4.74 Å². The molecule has 3 nitrogen and oxygen atoms in total. The molecular weight excluding hydrogens is 536 g/mol. The smallest absolute Gasteiger partial charge is 0.160 e. The van der Waals surface area contributed by atoms with E-state index in [0.717, 1.165) is 50.7 Å². The van der Waals surface area contributed by atoms with Gasteiger partial charge in [0.1, 0.15) is 11.5 Å². The number of nitrogens with zero attached hydrogens (tertiary/aromatic N) is 2. The molecule has 1 aliphatic carbocycles. The van der Waals surface area contributed by atoms with E-state index < -0.39 is 5.41 Å². The van der Waals surface area contributed by atoms with E-state index in [-0.39, 0.29) is 0 Å². The molecule has 1 aromatic heterocycles. The Hall–Kier alpha value is -5.80. The van der Waals surface area contributed by atoms with E-state index in [2.05, 4.69) is 133 Å². The molecule has 6 aromatic carbocycles. The van der Waals surface area contributed by atoms with Crippen molar-refractivity contribution in [3.8, 4) is 56.5 Å². The molecule has 1 spiro atoms. The third-order valence-corrected chi connectivity index (χ3v) is 8.97. The summed E-state index contributed by atoms with van der Waals surface area (Å²) in [4.78, 5) is 10.1. The molecule has 0 bridgehead atoms. The summed E-state index contributed by atoms with van der Waals surface area (Å²) in [5.41, 5.74) is 11.7. The Labute approximate surface area is 256 Å². The van der Waals surface area contributed by atoms with Gasteiger partial charge >= 0.3 is 0 Å². The van der Waals surface area contributed by atoms with Crippen LogP contribution in [0, 0.1) is 0 Å². The van der Waals surface area contributed by atoms with Gasteiger partial charge in [0, 0.05) is 27.8 Å². The molecule has 0 unspecified atom stereocenters. The molecule has 44 heavy (non-hydrogen) atoms. The first kappa shape index (κ1) is 24.8. The molecule has 0 saturated carbocycles. The first-order valence-corrected chi connectivity index (χ1v) is 14.9. The predicted molar refractivity (Wildman–Crippen MR) is 176 cm³/mol. The highest BCUT2D eigenvalue weighted by molar-refractivity contribution is 5.90. The van der Waals surface area contributed by atoms with E-state index in [9.17, 15) is 0 Å². The van der Waals surface area contributed by atoms with Gasteiger partial charge in [0.2, 0.25) is 0 Å². The fraction of sp³-hybridized carbons (Fsp3) is 0.0244. The van der Waals surface area contributed by atoms with E-state index in [0.29, 0.717) is 5.82 Å². The summed E-state index contributed by atoms with van der Waals surface area (Å²) in [5, 5.41) is 0. The quantitative estimate of drug-likeness (QED) is 0.215. The minimum Gasteiger partial charge on any atom is -0.457 e. The van der Waals surface area contributed by atoms with E-state index in [4.69, 9.17) is 14.7 Å². The van der Waals surface area contributed by atoms with Crippen molar-refractivity contribution in [3.05, 3.63) is 180 Å². The molecule has 0 saturated heterocycles. The van der Waals surface area contributed by atoms with Crippen molar-refractivity contribution in [2.24, 2.45) is 0 Å². The van der Waals surface area contributed by atoms with Crippen molar-refractivity contribution >= 4 is 0 Å². The van der Waals surface area contributed by atoms with Crippen LogP contribution in [0.5, 0.6) is 11.5 Å². The van der Waals surface area contributed by atoms with Crippen LogP contribution in [0.4, 0.5) is 0 Å². The Balaban J connectivity index is 1.30. The Kier molecular flexibility index (Phi) is 5.41. The highest BCUT2D eigenvalue weighted by Crippen LogP contribution is 2.62. The van der Waals surface area contributed by atoms with Crippen molar-refractivity contribution in [2.75, 3.05) is 0 Å². The molecular formula is C41H26N2O. The summed E-state index contributed by atoms with van der Waals surface area (Å²) < 4.78 is 6.48. The lowest BCUT2D eigenvalue weighted by atomic mass is 9.66. The van der Waals surface area contributed by atoms with Gasteiger partial charge in [0.15, 0.2) is 5.82 Å². The van der Waals surface area contributed by atoms with Gasteiger partial charge in [0.05, 0.1) is 16.8 Å². The number of aromatic nitrogens is 2. The average molecular weight is 563 g/mol. The summed E-state index contributed by atoms with van der Waals surface area (Å²) in [6.45, 7) is 0. The number of para-hydroxylation sites is 2. The zero-order chi connectivity index (χ0) is 29.1. The van der Waals surface area contributed by atoms with Crippen LogP contribution in [0.15, 0.2) is 158 Å². The van der Waals surface area contributed by atoms with Crippen LogP contribution in [0.25, 0.3) is 45.0 Å². The highest BCUT2D eigenvalue weighted by Gasteiger charge is 2.50. The number of benzene rings is 6. The maximum Gasteiger partial charge on any atom is 0.160 e. The molecule has 9 rings (SSSR count). The number of hydrogen-bond acceptors (Lipinski definition) is 3. The summed E-state index contributed by atoms with van der Waals surface area (Å²) in [5.74, 6) is 2.51. The third-order valence-electron chi connectivity index (χ3n) is 8.97. The zero-order valence-corrected chi connectivity index (χ0v) is 23.8. The standard InChI is InChI=1S/C41H26N2O/c1-3-13-27(14-4-1)36-26-37(43-40(42-36)28-15-5-2-6-16-28)29-23-24-33-31(25-29)30-17-7-8-18-32(30)41(33)34-19-9-11-21-38(34)44-39-22-12-10-20-35(39)41/h1-26H. The molecule has 2 heterocycles. The lowest BCUT2D eigenvalue weighted by Crippen LogP contribution is -2.32. The van der Waals surface area contributed by atoms with Crippen LogP contribution in [0.2, 0.25) is 0 Å². The molecule has 0 N–H and O–H groups in total. The molecule has 2 aliphatic rings. The largest absolute Gasteiger partial charge is 0.457 e. The first-order chi connectivity index (χ1) is 21.8. The second-order valence-corrected chi connectivity index (χ2v) is 11.3. The second kappa shape index (κ2) is 9.62. The summed E-state index contributed by atoms with van der Waals surface area (Å²) in [6.07, 6.45) is 0. The Morgan fingerprint density at radius 2 is 0.909 bits per heavy atom. The van der Waals surface area contributed by atoms with Crippen LogP contribution in [0.3, 0.4) is 0 Å². The Morgan fingerprint density at radius 3 is 1.59 bits per heavy atom. The molecule has 7 aromatic rings. The summed E-state index contributed by atoms with van der Waals surface area (Å²) in [6, 6.07) is 55.2. The Morgan fingerprint density at radius 1 is 0.386 bits per heavy atom. The number of rotatable bonds is 3. The fourth-order valence-electron chi connectivity index (χ4n) is 7.09. The van der Waals surface area contributed by atoms with Gasteiger partial charge in [0.25, 0.3) is 0 Å². The highest BCUT2D eigenvalue weighted by atomic mass is 16.5. The maximum atomic E-state index is 6.48. The van der Waals surface area contributed by atoms with Gasteiger partial charge in [-0.25, -0.2) is 9.97 Å². The normalized spacial score (nSPS) is 13.4. The van der Waals surface area contributed by atoms with Crippen LogP contribution < -0.4 is 4.74 Å². The number of ether oxygens (including phenoxy) is 1. The van der Waals surface area contributed by atoms with Crippen LogP contribution in [0.1, 0.15) is 22.3 Å². The van der Waals surface area contributed by atoms with Gasteiger partial charge in [-0.15, -0.1) is 0 Å². The average Bonchev–Trinajstić information content (AvgIpc) is 3.39. The minimum atomic E-state index is -0.480. The van der Waals surface area contributed by atoms with Crippen molar-refractivity contribution in [1.29, 1.82) is 0 Å². The lowest BCUT2D eigenvalue weighted by molar-refractivity contribution is 0.436.